The Balaban J connectivity index is 1.58. The molecule has 2 N–H and O–H groups in total. The van der Waals surface area contributed by atoms with E-state index in [4.69, 9.17) is 4.74 Å². The highest BCUT2D eigenvalue weighted by Crippen LogP contribution is 2.23. The Bertz CT molecular complexity index is 779. The van der Waals surface area contributed by atoms with Gasteiger partial charge in [-0.15, -0.1) is 0 Å². The van der Waals surface area contributed by atoms with Crippen molar-refractivity contribution in [2.45, 2.75) is 18.9 Å². The lowest BCUT2D eigenvalue weighted by Gasteiger charge is -2.13. The Morgan fingerprint density at radius 2 is 1.31 bits per heavy atom. The van der Waals surface area contributed by atoms with Crippen molar-refractivity contribution in [1.29, 1.82) is 0 Å². The van der Waals surface area contributed by atoms with Crippen molar-refractivity contribution in [2.24, 2.45) is 0 Å². The zero-order valence-electron chi connectivity index (χ0n) is 15.1. The number of aliphatic hydroxyl groups is 1. The maximum atomic E-state index is 9.27. The Morgan fingerprint density at radius 3 is 1.85 bits per heavy atom. The molecule has 0 unspecified atom stereocenters. The largest absolute Gasteiger partial charge is 0.457 e. The van der Waals surface area contributed by atoms with Gasteiger partial charge in [-0.3, -0.25) is 0 Å². The number of nitrogens with one attached hydrogen (secondary N) is 1. The van der Waals surface area contributed by atoms with Crippen LogP contribution in [0.25, 0.3) is 0 Å². The van der Waals surface area contributed by atoms with Crippen LogP contribution in [0.3, 0.4) is 0 Å². The summed E-state index contributed by atoms with van der Waals surface area (Å²) in [7, 11) is 1.86. The second kappa shape index (κ2) is 9.18. The first-order chi connectivity index (χ1) is 12.8. The summed E-state index contributed by atoms with van der Waals surface area (Å²) in [6, 6.07) is 26.8. The van der Waals surface area contributed by atoms with Gasteiger partial charge in [-0.05, 0) is 60.8 Å². The highest BCUT2D eigenvalue weighted by Gasteiger charge is 2.06. The van der Waals surface area contributed by atoms with Crippen molar-refractivity contribution < 1.29 is 9.84 Å². The zero-order chi connectivity index (χ0) is 18.2. The quantitative estimate of drug-likeness (QED) is 0.642. The Morgan fingerprint density at radius 1 is 0.769 bits per heavy atom. The molecular formula is C23H25NO2. The molecule has 1 atom stereocenters. The van der Waals surface area contributed by atoms with Crippen LogP contribution in [0.5, 0.6) is 11.5 Å². The Hall–Kier alpha value is -2.62. The summed E-state index contributed by atoms with van der Waals surface area (Å²) in [5.41, 5.74) is 3.74. The normalized spacial score (nSPS) is 11.9. The van der Waals surface area contributed by atoms with Crippen LogP contribution in [0.2, 0.25) is 0 Å². The van der Waals surface area contributed by atoms with E-state index < -0.39 is 0 Å². The van der Waals surface area contributed by atoms with Crippen molar-refractivity contribution in [3.8, 4) is 11.5 Å². The van der Waals surface area contributed by atoms with Gasteiger partial charge in [0.15, 0.2) is 0 Å². The van der Waals surface area contributed by atoms with E-state index in [9.17, 15) is 5.11 Å². The number of likely N-dealkylation sites (N-methyl/N-ethyl adjacent to an activating group) is 1. The van der Waals surface area contributed by atoms with Crippen LogP contribution in [0, 0.1) is 0 Å². The van der Waals surface area contributed by atoms with Gasteiger partial charge in [0.05, 0.1) is 6.61 Å². The van der Waals surface area contributed by atoms with E-state index in [-0.39, 0.29) is 12.6 Å². The van der Waals surface area contributed by atoms with Crippen LogP contribution in [-0.4, -0.2) is 24.8 Å². The van der Waals surface area contributed by atoms with Gasteiger partial charge in [0.1, 0.15) is 11.5 Å². The third-order valence-electron chi connectivity index (χ3n) is 4.44. The number of aliphatic hydroxyl groups excluding tert-OH is 1. The third kappa shape index (κ3) is 5.19. The molecule has 0 radical (unpaired) electrons. The lowest BCUT2D eigenvalue weighted by molar-refractivity contribution is 0.248. The molecule has 0 heterocycles. The van der Waals surface area contributed by atoms with Crippen molar-refractivity contribution in [1.82, 2.24) is 5.32 Å². The summed E-state index contributed by atoms with van der Waals surface area (Å²) < 4.78 is 5.93. The van der Waals surface area contributed by atoms with E-state index in [1.165, 1.54) is 16.7 Å². The fraction of sp³-hybridized carbons (Fsp3) is 0.217. The molecule has 0 fully saturated rings. The minimum Gasteiger partial charge on any atom is -0.457 e. The Labute approximate surface area is 155 Å². The molecule has 3 aromatic rings. The lowest BCUT2D eigenvalue weighted by Crippen LogP contribution is -2.31. The first-order valence-corrected chi connectivity index (χ1v) is 8.94. The fourth-order valence-electron chi connectivity index (χ4n) is 2.88. The zero-order valence-corrected chi connectivity index (χ0v) is 15.1. The molecule has 0 bridgehead atoms. The van der Waals surface area contributed by atoms with E-state index in [1.807, 2.05) is 49.5 Å². The maximum Gasteiger partial charge on any atom is 0.127 e. The van der Waals surface area contributed by atoms with E-state index >= 15 is 0 Å². The fourth-order valence-corrected chi connectivity index (χ4v) is 2.88. The van der Waals surface area contributed by atoms with Crippen molar-refractivity contribution >= 4 is 0 Å². The molecule has 134 valence electrons. The lowest BCUT2D eigenvalue weighted by atomic mass is 10.1. The van der Waals surface area contributed by atoms with E-state index in [2.05, 4.69) is 41.7 Å². The van der Waals surface area contributed by atoms with Crippen molar-refractivity contribution in [2.75, 3.05) is 13.7 Å². The van der Waals surface area contributed by atoms with E-state index in [1.54, 1.807) is 0 Å². The summed E-state index contributed by atoms with van der Waals surface area (Å²) in [6.07, 6.45) is 1.72. The number of hydrogen-bond donors (Lipinski definition) is 2. The predicted octanol–water partition coefficient (Wildman–Crippen LogP) is 4.19. The molecule has 3 aromatic carbocycles. The van der Waals surface area contributed by atoms with Gasteiger partial charge in [0.25, 0.3) is 0 Å². The monoisotopic (exact) mass is 347 g/mol. The summed E-state index contributed by atoms with van der Waals surface area (Å²) >= 11 is 0. The van der Waals surface area contributed by atoms with Crippen LogP contribution < -0.4 is 10.1 Å². The van der Waals surface area contributed by atoms with E-state index in [0.29, 0.717) is 0 Å². The van der Waals surface area contributed by atoms with Crippen LogP contribution >= 0.6 is 0 Å². The first kappa shape index (κ1) is 18.2. The summed E-state index contributed by atoms with van der Waals surface area (Å²) in [6.45, 7) is 0.129. The van der Waals surface area contributed by atoms with Crippen molar-refractivity contribution in [3.63, 3.8) is 0 Å². The number of ether oxygens (including phenoxy) is 1. The number of rotatable bonds is 8. The van der Waals surface area contributed by atoms with Gasteiger partial charge in [0.2, 0.25) is 0 Å². The maximum absolute atomic E-state index is 9.27. The van der Waals surface area contributed by atoms with Gasteiger partial charge >= 0.3 is 0 Å². The van der Waals surface area contributed by atoms with Crippen LogP contribution in [0.4, 0.5) is 0 Å². The molecular weight excluding hydrogens is 322 g/mol. The average Bonchev–Trinajstić information content (AvgIpc) is 2.70. The van der Waals surface area contributed by atoms with Gasteiger partial charge in [-0.1, -0.05) is 54.6 Å². The molecule has 26 heavy (non-hydrogen) atoms. The summed E-state index contributed by atoms with van der Waals surface area (Å²) in [5, 5.41) is 12.4. The molecule has 0 aliphatic heterocycles. The van der Waals surface area contributed by atoms with Gasteiger partial charge < -0.3 is 15.2 Å². The molecule has 0 amide bonds. The molecule has 3 nitrogen and oxygen atoms in total. The average molecular weight is 347 g/mol. The Kier molecular flexibility index (Phi) is 6.42. The molecule has 0 saturated heterocycles. The molecule has 3 heteroatoms. The molecule has 0 spiro atoms. The van der Waals surface area contributed by atoms with E-state index in [0.717, 1.165) is 24.3 Å². The minimum atomic E-state index is 0.0823. The highest BCUT2D eigenvalue weighted by atomic mass is 16.5. The smallest absolute Gasteiger partial charge is 0.127 e. The molecule has 0 aliphatic rings. The molecule has 0 aromatic heterocycles. The van der Waals surface area contributed by atoms with Crippen molar-refractivity contribution in [3.05, 3.63) is 95.6 Å². The number of benzene rings is 3. The topological polar surface area (TPSA) is 41.5 Å². The summed E-state index contributed by atoms with van der Waals surface area (Å²) in [5.74, 6) is 1.65. The second-order valence-corrected chi connectivity index (χ2v) is 6.42. The second-order valence-electron chi connectivity index (χ2n) is 6.42. The highest BCUT2D eigenvalue weighted by molar-refractivity contribution is 5.36. The SMILES string of the molecule is CN[C@H](CO)Cc1ccc(Oc2ccc(Cc3ccccc3)cc2)cc1. The van der Waals surface area contributed by atoms with Crippen LogP contribution in [0.1, 0.15) is 16.7 Å². The standard InChI is InChI=1S/C23H25NO2/c1-24-21(17-25)16-20-9-13-23(14-10-20)26-22-11-7-19(8-12-22)15-18-5-3-2-4-6-18/h2-14,21,24-25H,15-17H2,1H3/t21-/m0/s1. The molecule has 0 aliphatic carbocycles. The number of hydrogen-bond acceptors (Lipinski definition) is 3. The first-order valence-electron chi connectivity index (χ1n) is 8.94. The van der Waals surface area contributed by atoms with Gasteiger partial charge in [-0.25, -0.2) is 0 Å². The molecule has 0 saturated carbocycles. The van der Waals surface area contributed by atoms with Crippen LogP contribution in [0.15, 0.2) is 78.9 Å². The molecule has 3 rings (SSSR count). The van der Waals surface area contributed by atoms with Gasteiger partial charge in [0, 0.05) is 6.04 Å². The van der Waals surface area contributed by atoms with Crippen LogP contribution in [-0.2, 0) is 12.8 Å². The third-order valence-corrected chi connectivity index (χ3v) is 4.44. The van der Waals surface area contributed by atoms with Gasteiger partial charge in [-0.2, -0.15) is 0 Å². The predicted molar refractivity (Wildman–Crippen MR) is 106 cm³/mol. The minimum absolute atomic E-state index is 0.0823. The summed E-state index contributed by atoms with van der Waals surface area (Å²) in [4.78, 5) is 0.